The summed E-state index contributed by atoms with van der Waals surface area (Å²) in [5, 5.41) is 18.5. The van der Waals surface area contributed by atoms with Crippen LogP contribution in [-0.2, 0) is 14.4 Å². The molecule has 53 heavy (non-hydrogen) atoms. The standard InChI is InChI=1S/C14H25FN2O.C14H26N2O2.C14H26N2O/c1-13(2,3)16-12(18)6-5-9-17-10-7-14(4,15)8-11-17;1-13(2,3)15-12(17)6-5-9-16-10-7-14(4,18)8-11-16;1-12-7-10-16(11-8-12)9-5-6-13(17)15-14(2,3)4/h5-6H,7-11H2,1-4H3,(H,16,18);5-6,18H,7-11H2,1-4H3,(H,15,17);5-6,12H,7-11H2,1-4H3,(H,15,17)/b3*6-5+. The Labute approximate surface area is 322 Å². The third-order valence-corrected chi connectivity index (χ3v) is 9.10. The number of nitrogens with one attached hydrogen (secondary N) is 3. The number of rotatable bonds is 9. The minimum absolute atomic E-state index is 0.00266. The molecule has 0 radical (unpaired) electrons. The summed E-state index contributed by atoms with van der Waals surface area (Å²) in [5.41, 5.74) is -2.07. The minimum atomic E-state index is -1.01. The molecule has 0 aromatic heterocycles. The summed E-state index contributed by atoms with van der Waals surface area (Å²) in [6.45, 7) is 31.6. The van der Waals surface area contributed by atoms with Gasteiger partial charge in [0, 0.05) is 80.7 Å². The van der Waals surface area contributed by atoms with Crippen molar-refractivity contribution in [3.63, 3.8) is 0 Å². The molecule has 0 aromatic carbocycles. The lowest BCUT2D eigenvalue weighted by Gasteiger charge is -2.35. The molecular formula is C42H77FN6O4. The molecule has 3 aliphatic heterocycles. The van der Waals surface area contributed by atoms with Gasteiger partial charge in [-0.3, -0.25) is 29.1 Å². The number of alkyl halides is 1. The highest BCUT2D eigenvalue weighted by molar-refractivity contribution is 5.88. The van der Waals surface area contributed by atoms with Crippen molar-refractivity contribution in [2.75, 3.05) is 58.9 Å². The first-order valence-corrected chi connectivity index (χ1v) is 19.8. The van der Waals surface area contributed by atoms with Crippen LogP contribution in [0.4, 0.5) is 4.39 Å². The summed E-state index contributed by atoms with van der Waals surface area (Å²) in [7, 11) is 0. The summed E-state index contributed by atoms with van der Waals surface area (Å²) in [4.78, 5) is 41.4. The Kier molecular flexibility index (Phi) is 20.2. The number of carbonyl (C=O) groups is 3. The smallest absolute Gasteiger partial charge is 0.244 e. The summed E-state index contributed by atoms with van der Waals surface area (Å²) >= 11 is 0. The molecule has 4 N–H and O–H groups in total. The first-order valence-electron chi connectivity index (χ1n) is 19.8. The maximum atomic E-state index is 13.6. The number of piperidine rings is 3. The molecule has 0 unspecified atom stereocenters. The van der Waals surface area contributed by atoms with Gasteiger partial charge in [-0.1, -0.05) is 25.2 Å². The lowest BCUT2D eigenvalue weighted by molar-refractivity contribution is -0.118. The maximum absolute atomic E-state index is 13.6. The van der Waals surface area contributed by atoms with Gasteiger partial charge in [-0.2, -0.15) is 0 Å². The van der Waals surface area contributed by atoms with Gasteiger partial charge in [-0.15, -0.1) is 0 Å². The maximum Gasteiger partial charge on any atom is 0.244 e. The lowest BCUT2D eigenvalue weighted by atomic mass is 9.94. The Morgan fingerprint density at radius 2 is 0.887 bits per heavy atom. The average Bonchev–Trinajstić information content (AvgIpc) is 2.98. The summed E-state index contributed by atoms with van der Waals surface area (Å²) < 4.78 is 13.6. The van der Waals surface area contributed by atoms with Gasteiger partial charge in [-0.05, 0) is 134 Å². The number of amides is 3. The van der Waals surface area contributed by atoms with E-state index in [9.17, 15) is 23.9 Å². The van der Waals surface area contributed by atoms with E-state index < -0.39 is 11.3 Å². The molecule has 0 bridgehead atoms. The third kappa shape index (κ3) is 26.8. The third-order valence-electron chi connectivity index (χ3n) is 9.10. The monoisotopic (exact) mass is 749 g/mol. The number of halogens is 1. The Hall–Kier alpha value is -2.60. The molecular weight excluding hydrogens is 671 g/mol. The van der Waals surface area contributed by atoms with Crippen LogP contribution in [0.5, 0.6) is 0 Å². The van der Waals surface area contributed by atoms with Crippen LogP contribution in [0.25, 0.3) is 0 Å². The second-order valence-electron chi connectivity index (χ2n) is 18.9. The lowest BCUT2D eigenvalue weighted by Crippen LogP contribution is -2.42. The Morgan fingerprint density at radius 1 is 0.604 bits per heavy atom. The van der Waals surface area contributed by atoms with E-state index in [0.29, 0.717) is 19.4 Å². The van der Waals surface area contributed by atoms with Crippen molar-refractivity contribution in [2.24, 2.45) is 5.92 Å². The Bertz CT molecular complexity index is 1120. The molecule has 3 fully saturated rings. The summed E-state index contributed by atoms with van der Waals surface area (Å²) in [6, 6.07) is 0. The fraction of sp³-hybridized carbons (Fsp3) is 0.786. The molecule has 0 spiro atoms. The van der Waals surface area contributed by atoms with Crippen molar-refractivity contribution < 1.29 is 23.9 Å². The van der Waals surface area contributed by atoms with Gasteiger partial charge in [-0.25, -0.2) is 4.39 Å². The number of hydrogen-bond donors (Lipinski definition) is 4. The number of likely N-dealkylation sites (tertiary alicyclic amines) is 3. The van der Waals surface area contributed by atoms with Gasteiger partial charge in [0.1, 0.15) is 5.67 Å². The molecule has 0 saturated carbocycles. The summed E-state index contributed by atoms with van der Waals surface area (Å²) in [5.74, 6) is 0.739. The van der Waals surface area contributed by atoms with Crippen molar-refractivity contribution in [3.8, 4) is 0 Å². The molecule has 11 heteroatoms. The predicted octanol–water partition coefficient (Wildman–Crippen LogP) is 5.77. The number of hydrogen-bond acceptors (Lipinski definition) is 7. The zero-order valence-electron chi connectivity index (χ0n) is 35.5. The highest BCUT2D eigenvalue weighted by Gasteiger charge is 2.29. The largest absolute Gasteiger partial charge is 0.390 e. The first-order chi connectivity index (χ1) is 24.2. The van der Waals surface area contributed by atoms with E-state index >= 15 is 0 Å². The molecule has 3 amide bonds. The Morgan fingerprint density at radius 3 is 1.19 bits per heavy atom. The van der Waals surface area contributed by atoms with Crippen molar-refractivity contribution >= 4 is 17.7 Å². The molecule has 3 heterocycles. The number of nitrogens with zero attached hydrogens (tertiary/aromatic N) is 3. The molecule has 0 aliphatic carbocycles. The quantitative estimate of drug-likeness (QED) is 0.221. The van der Waals surface area contributed by atoms with E-state index in [1.807, 2.05) is 87.5 Å². The predicted molar refractivity (Wildman–Crippen MR) is 217 cm³/mol. The van der Waals surface area contributed by atoms with Crippen LogP contribution in [0.1, 0.15) is 122 Å². The van der Waals surface area contributed by atoms with E-state index in [0.717, 1.165) is 71.1 Å². The second-order valence-corrected chi connectivity index (χ2v) is 18.9. The minimum Gasteiger partial charge on any atom is -0.390 e. The molecule has 306 valence electrons. The topological polar surface area (TPSA) is 117 Å². The highest BCUT2D eigenvalue weighted by Crippen LogP contribution is 2.25. The van der Waals surface area contributed by atoms with Gasteiger partial charge in [0.25, 0.3) is 0 Å². The normalized spacial score (nSPS) is 20.7. The van der Waals surface area contributed by atoms with Gasteiger partial charge in [0.2, 0.25) is 17.7 Å². The zero-order chi connectivity index (χ0) is 40.5. The van der Waals surface area contributed by atoms with Crippen LogP contribution in [0.3, 0.4) is 0 Å². The van der Waals surface area contributed by atoms with Crippen LogP contribution >= 0.6 is 0 Å². The Balaban J connectivity index is 0.000000398. The van der Waals surface area contributed by atoms with Gasteiger partial charge in [0.05, 0.1) is 5.60 Å². The van der Waals surface area contributed by atoms with Crippen molar-refractivity contribution in [1.29, 1.82) is 0 Å². The first kappa shape index (κ1) is 48.4. The van der Waals surface area contributed by atoms with E-state index in [2.05, 4.69) is 37.6 Å². The number of aliphatic hydroxyl groups is 1. The second kappa shape index (κ2) is 22.1. The average molecular weight is 749 g/mol. The van der Waals surface area contributed by atoms with E-state index in [4.69, 9.17) is 0 Å². The molecule has 0 atom stereocenters. The molecule has 3 rings (SSSR count). The fourth-order valence-corrected chi connectivity index (χ4v) is 5.82. The van der Waals surface area contributed by atoms with E-state index in [1.54, 1.807) is 25.2 Å². The highest BCUT2D eigenvalue weighted by atomic mass is 19.1. The van der Waals surface area contributed by atoms with Crippen molar-refractivity contribution in [1.82, 2.24) is 30.7 Å². The summed E-state index contributed by atoms with van der Waals surface area (Å²) in [6.07, 6.45) is 15.8. The molecule has 3 saturated heterocycles. The zero-order valence-corrected chi connectivity index (χ0v) is 35.5. The van der Waals surface area contributed by atoms with E-state index in [1.165, 1.54) is 12.8 Å². The van der Waals surface area contributed by atoms with Crippen LogP contribution in [-0.4, -0.2) is 124 Å². The van der Waals surface area contributed by atoms with Crippen LogP contribution in [0.2, 0.25) is 0 Å². The van der Waals surface area contributed by atoms with Gasteiger partial charge >= 0.3 is 0 Å². The van der Waals surface area contributed by atoms with Crippen LogP contribution < -0.4 is 16.0 Å². The number of carbonyl (C=O) groups excluding carboxylic acids is 3. The molecule has 10 nitrogen and oxygen atoms in total. The van der Waals surface area contributed by atoms with E-state index in [-0.39, 0.29) is 34.3 Å². The van der Waals surface area contributed by atoms with Crippen LogP contribution in [0, 0.1) is 5.92 Å². The van der Waals surface area contributed by atoms with Gasteiger partial charge in [0.15, 0.2) is 0 Å². The SMILES string of the molecule is CC1(F)CCN(C/C=C/C(=O)NC(C)(C)C)CC1.CC1(O)CCN(C/C=C/C(=O)NC(C)(C)C)CC1.CC1CCN(C/C=C/C(=O)NC(C)(C)C)CC1. The molecule has 3 aliphatic rings. The van der Waals surface area contributed by atoms with Crippen LogP contribution in [0.15, 0.2) is 36.5 Å². The molecule has 0 aromatic rings. The van der Waals surface area contributed by atoms with Crippen molar-refractivity contribution in [3.05, 3.63) is 36.5 Å². The fourth-order valence-electron chi connectivity index (χ4n) is 5.82. The van der Waals surface area contributed by atoms with Gasteiger partial charge < -0.3 is 21.1 Å². The van der Waals surface area contributed by atoms with Crippen molar-refractivity contribution in [2.45, 2.75) is 149 Å².